The molecule has 1 heterocycles. The lowest BCUT2D eigenvalue weighted by molar-refractivity contribution is 0.222. The average molecular weight is 377 g/mol. The van der Waals surface area contributed by atoms with Crippen molar-refractivity contribution in [3.8, 4) is 17.0 Å². The molecule has 0 saturated heterocycles. The van der Waals surface area contributed by atoms with Gasteiger partial charge in [-0.1, -0.05) is 48.5 Å². The largest absolute Gasteiger partial charge is 0.489 e. The van der Waals surface area contributed by atoms with Gasteiger partial charge in [-0.3, -0.25) is 4.99 Å². The van der Waals surface area contributed by atoms with Crippen LogP contribution in [0.2, 0.25) is 0 Å². The quantitative estimate of drug-likeness (QED) is 0.435. The maximum Gasteiger partial charge on any atom is 0.191 e. The summed E-state index contributed by atoms with van der Waals surface area (Å²) in [7, 11) is 1.75. The molecule has 0 fully saturated rings. The van der Waals surface area contributed by atoms with Gasteiger partial charge in [0.25, 0.3) is 0 Å². The van der Waals surface area contributed by atoms with Crippen LogP contribution in [-0.4, -0.2) is 35.6 Å². The Morgan fingerprint density at radius 2 is 1.86 bits per heavy atom. The van der Waals surface area contributed by atoms with E-state index in [0.29, 0.717) is 19.0 Å². The minimum atomic E-state index is 0.00736. The molecule has 6 nitrogen and oxygen atoms in total. The summed E-state index contributed by atoms with van der Waals surface area (Å²) >= 11 is 0. The summed E-state index contributed by atoms with van der Waals surface area (Å²) in [6.07, 6.45) is 1.86. The highest BCUT2D eigenvalue weighted by molar-refractivity contribution is 5.79. The summed E-state index contributed by atoms with van der Waals surface area (Å²) < 4.78 is 5.99. The summed E-state index contributed by atoms with van der Waals surface area (Å²) in [4.78, 5) is 12.0. The predicted molar refractivity (Wildman–Crippen MR) is 113 cm³/mol. The van der Waals surface area contributed by atoms with Gasteiger partial charge in [0, 0.05) is 7.05 Å². The number of nitrogens with one attached hydrogen (secondary N) is 3. The van der Waals surface area contributed by atoms with E-state index in [1.165, 1.54) is 0 Å². The van der Waals surface area contributed by atoms with Crippen molar-refractivity contribution >= 4 is 5.96 Å². The van der Waals surface area contributed by atoms with E-state index in [1.54, 1.807) is 7.05 Å². The third kappa shape index (κ3) is 5.36. The SMILES string of the molecule is CN=C(NCc1ncc(-c2ccccc2)[nH]1)NCC(C)Oc1ccccc1C. The number of nitrogens with zero attached hydrogens (tertiary/aromatic N) is 2. The first-order valence-corrected chi connectivity index (χ1v) is 9.42. The Hall–Kier alpha value is -3.28. The molecule has 0 bridgehead atoms. The van der Waals surface area contributed by atoms with Crippen LogP contribution < -0.4 is 15.4 Å². The standard InChI is InChI=1S/C22H27N5O/c1-16-9-7-8-12-20(16)28-17(2)13-25-22(23-3)26-15-21-24-14-19(27-21)18-10-5-4-6-11-18/h4-12,14,17H,13,15H2,1-3H3,(H,24,27)(H2,23,25,26). The Bertz CT molecular complexity index is 904. The van der Waals surface area contributed by atoms with E-state index in [9.17, 15) is 0 Å². The predicted octanol–water partition coefficient (Wildman–Crippen LogP) is 3.52. The number of para-hydroxylation sites is 1. The van der Waals surface area contributed by atoms with Crippen molar-refractivity contribution in [3.63, 3.8) is 0 Å². The van der Waals surface area contributed by atoms with Crippen LogP contribution in [0.25, 0.3) is 11.3 Å². The van der Waals surface area contributed by atoms with Crippen LogP contribution in [0.4, 0.5) is 0 Å². The van der Waals surface area contributed by atoms with Gasteiger partial charge in [0.1, 0.15) is 17.7 Å². The molecule has 0 aliphatic carbocycles. The summed E-state index contributed by atoms with van der Waals surface area (Å²) in [5, 5.41) is 6.56. The fraction of sp³-hybridized carbons (Fsp3) is 0.273. The van der Waals surface area contributed by atoms with E-state index >= 15 is 0 Å². The van der Waals surface area contributed by atoms with Gasteiger partial charge in [-0.25, -0.2) is 4.98 Å². The number of rotatable bonds is 7. The summed E-state index contributed by atoms with van der Waals surface area (Å²) in [6, 6.07) is 18.2. The number of H-pyrrole nitrogens is 1. The lowest BCUT2D eigenvalue weighted by Crippen LogP contribution is -2.41. The van der Waals surface area contributed by atoms with Gasteiger partial charge < -0.3 is 20.4 Å². The Labute approximate surface area is 166 Å². The van der Waals surface area contributed by atoms with Gasteiger partial charge in [-0.2, -0.15) is 0 Å². The van der Waals surface area contributed by atoms with Gasteiger partial charge in [0.2, 0.25) is 0 Å². The van der Waals surface area contributed by atoms with Crippen molar-refractivity contribution in [2.75, 3.05) is 13.6 Å². The number of aromatic amines is 1. The zero-order valence-electron chi connectivity index (χ0n) is 16.6. The molecule has 3 rings (SSSR count). The number of hydrogen-bond donors (Lipinski definition) is 3. The average Bonchev–Trinajstić information content (AvgIpc) is 3.20. The Morgan fingerprint density at radius 3 is 2.61 bits per heavy atom. The first kappa shape index (κ1) is 19.5. The summed E-state index contributed by atoms with van der Waals surface area (Å²) in [5.41, 5.74) is 3.25. The second-order valence-electron chi connectivity index (χ2n) is 6.61. The molecule has 28 heavy (non-hydrogen) atoms. The van der Waals surface area contributed by atoms with Crippen LogP contribution in [0, 0.1) is 6.92 Å². The van der Waals surface area contributed by atoms with Gasteiger partial charge in [0.15, 0.2) is 5.96 Å². The van der Waals surface area contributed by atoms with Crippen LogP contribution in [0.5, 0.6) is 5.75 Å². The first-order valence-electron chi connectivity index (χ1n) is 9.42. The molecule has 0 saturated carbocycles. The lowest BCUT2D eigenvalue weighted by atomic mass is 10.2. The number of aromatic nitrogens is 2. The van der Waals surface area contributed by atoms with E-state index < -0.39 is 0 Å². The van der Waals surface area contributed by atoms with E-state index in [0.717, 1.165) is 28.4 Å². The third-order valence-corrected chi connectivity index (χ3v) is 4.34. The van der Waals surface area contributed by atoms with Gasteiger partial charge in [0.05, 0.1) is 25.0 Å². The second-order valence-corrected chi connectivity index (χ2v) is 6.61. The fourth-order valence-electron chi connectivity index (χ4n) is 2.79. The molecule has 0 aliphatic heterocycles. The highest BCUT2D eigenvalue weighted by atomic mass is 16.5. The van der Waals surface area contributed by atoms with E-state index in [4.69, 9.17) is 4.74 Å². The molecule has 0 amide bonds. The Kier molecular flexibility index (Phi) is 6.68. The number of benzene rings is 2. The summed E-state index contributed by atoms with van der Waals surface area (Å²) in [6.45, 7) is 5.27. The molecule has 3 aromatic rings. The monoisotopic (exact) mass is 377 g/mol. The van der Waals surface area contributed by atoms with Crippen molar-refractivity contribution in [1.29, 1.82) is 0 Å². The highest BCUT2D eigenvalue weighted by Crippen LogP contribution is 2.17. The normalized spacial score (nSPS) is 12.5. The van der Waals surface area contributed by atoms with Crippen molar-refractivity contribution in [2.45, 2.75) is 26.5 Å². The fourth-order valence-corrected chi connectivity index (χ4v) is 2.79. The van der Waals surface area contributed by atoms with Crippen molar-refractivity contribution in [3.05, 3.63) is 72.2 Å². The number of aryl methyl sites for hydroxylation is 1. The molecule has 1 aromatic heterocycles. The molecule has 0 radical (unpaired) electrons. The zero-order chi connectivity index (χ0) is 19.8. The van der Waals surface area contributed by atoms with Gasteiger partial charge in [-0.05, 0) is 31.0 Å². The van der Waals surface area contributed by atoms with Gasteiger partial charge in [-0.15, -0.1) is 0 Å². The van der Waals surface area contributed by atoms with E-state index in [-0.39, 0.29) is 6.10 Å². The third-order valence-electron chi connectivity index (χ3n) is 4.34. The van der Waals surface area contributed by atoms with Crippen molar-refractivity contribution < 1.29 is 4.74 Å². The number of guanidine groups is 1. The van der Waals surface area contributed by atoms with E-state index in [1.807, 2.05) is 62.5 Å². The van der Waals surface area contributed by atoms with Crippen molar-refractivity contribution in [2.24, 2.45) is 4.99 Å². The molecule has 2 aromatic carbocycles. The minimum absolute atomic E-state index is 0.00736. The topological polar surface area (TPSA) is 74.3 Å². The molecule has 146 valence electrons. The minimum Gasteiger partial charge on any atom is -0.489 e. The first-order chi connectivity index (χ1) is 13.7. The molecule has 0 spiro atoms. The number of aliphatic imine (C=N–C) groups is 1. The van der Waals surface area contributed by atoms with Crippen LogP contribution in [0.3, 0.4) is 0 Å². The van der Waals surface area contributed by atoms with Crippen LogP contribution >= 0.6 is 0 Å². The second kappa shape index (κ2) is 9.60. The zero-order valence-corrected chi connectivity index (χ0v) is 16.6. The number of imidazole rings is 1. The molecule has 0 aliphatic rings. The number of ether oxygens (including phenoxy) is 1. The molecular weight excluding hydrogens is 350 g/mol. The molecule has 6 heteroatoms. The highest BCUT2D eigenvalue weighted by Gasteiger charge is 2.08. The van der Waals surface area contributed by atoms with Gasteiger partial charge >= 0.3 is 0 Å². The molecular formula is C22H27N5O. The number of hydrogen-bond acceptors (Lipinski definition) is 3. The van der Waals surface area contributed by atoms with E-state index in [2.05, 4.69) is 37.7 Å². The summed E-state index contributed by atoms with van der Waals surface area (Å²) in [5.74, 6) is 2.47. The smallest absolute Gasteiger partial charge is 0.191 e. The maximum atomic E-state index is 5.99. The Balaban J connectivity index is 1.47. The Morgan fingerprint density at radius 1 is 1.11 bits per heavy atom. The van der Waals surface area contributed by atoms with Crippen LogP contribution in [0.1, 0.15) is 18.3 Å². The molecule has 3 N–H and O–H groups in total. The molecule has 1 atom stereocenters. The molecule has 1 unspecified atom stereocenters. The maximum absolute atomic E-state index is 5.99. The van der Waals surface area contributed by atoms with Crippen LogP contribution in [-0.2, 0) is 6.54 Å². The lowest BCUT2D eigenvalue weighted by Gasteiger charge is -2.18. The van der Waals surface area contributed by atoms with Crippen molar-refractivity contribution in [1.82, 2.24) is 20.6 Å². The van der Waals surface area contributed by atoms with Crippen LogP contribution in [0.15, 0.2) is 65.8 Å².